The third-order valence-corrected chi connectivity index (χ3v) is 8.58. The van der Waals surface area contributed by atoms with E-state index in [0.29, 0.717) is 11.8 Å². The standard InChI is InChI=1S/C22H23NO2.C13H16O2/c1-14-6-5-9-19-21(14)18(22(24)23-19)13-15-10-11-20(25-2)17(12-15)16-7-3-4-8-16;1-15-13-7-6-10(9-14)8-12(13)11-4-2-3-5-11/h5-6,9-13,16H,3-4,7-8H2,1-2H3,(H,23,24);6-9,11H,2-5H2,1H3. The van der Waals surface area contributed by atoms with Gasteiger partial charge in [-0.05, 0) is 109 Å². The fourth-order valence-corrected chi connectivity index (χ4v) is 6.52. The number of ether oxygens (including phenoxy) is 2. The van der Waals surface area contributed by atoms with Gasteiger partial charge in [-0.3, -0.25) is 9.59 Å². The first-order valence-electron chi connectivity index (χ1n) is 14.5. The second kappa shape index (κ2) is 12.5. The van der Waals surface area contributed by atoms with Crippen molar-refractivity contribution in [3.63, 3.8) is 0 Å². The SMILES string of the molecule is COc1ccc(C=C2C(=O)Nc3cccc(C)c32)cc1C1CCCC1.COc1ccc(C=O)cc1C1CCCC1. The number of hydrogen-bond donors (Lipinski definition) is 1. The molecule has 5 heteroatoms. The molecule has 3 aromatic rings. The molecular weight excluding hydrogens is 498 g/mol. The Morgan fingerprint density at radius 3 is 1.88 bits per heavy atom. The molecule has 6 rings (SSSR count). The molecule has 0 unspecified atom stereocenters. The Morgan fingerprint density at radius 2 is 1.32 bits per heavy atom. The van der Waals surface area contributed by atoms with Gasteiger partial charge in [0.15, 0.2) is 0 Å². The molecule has 0 bridgehead atoms. The van der Waals surface area contributed by atoms with Crippen LogP contribution in [0.4, 0.5) is 5.69 Å². The maximum absolute atomic E-state index is 12.4. The van der Waals surface area contributed by atoms with Crippen molar-refractivity contribution in [3.05, 3.63) is 88.0 Å². The third-order valence-electron chi connectivity index (χ3n) is 8.58. The maximum Gasteiger partial charge on any atom is 0.256 e. The Kier molecular flexibility index (Phi) is 8.69. The summed E-state index contributed by atoms with van der Waals surface area (Å²) in [4.78, 5) is 23.2. The molecule has 2 saturated carbocycles. The van der Waals surface area contributed by atoms with Crippen LogP contribution in [0.5, 0.6) is 11.5 Å². The van der Waals surface area contributed by atoms with Crippen molar-refractivity contribution in [2.75, 3.05) is 19.5 Å². The lowest BCUT2D eigenvalue weighted by Gasteiger charge is -2.15. The van der Waals surface area contributed by atoms with Crippen LogP contribution in [-0.2, 0) is 4.79 Å². The number of methoxy groups -OCH3 is 2. The summed E-state index contributed by atoms with van der Waals surface area (Å²) < 4.78 is 10.9. The van der Waals surface area contributed by atoms with Gasteiger partial charge in [-0.15, -0.1) is 0 Å². The number of amides is 1. The highest BCUT2D eigenvalue weighted by atomic mass is 16.5. The van der Waals surface area contributed by atoms with Crippen LogP contribution < -0.4 is 14.8 Å². The molecule has 0 saturated heterocycles. The highest BCUT2D eigenvalue weighted by molar-refractivity contribution is 6.35. The van der Waals surface area contributed by atoms with Gasteiger partial charge >= 0.3 is 0 Å². The Morgan fingerprint density at radius 1 is 0.775 bits per heavy atom. The van der Waals surface area contributed by atoms with Crippen molar-refractivity contribution in [2.24, 2.45) is 0 Å². The van der Waals surface area contributed by atoms with Gasteiger partial charge in [0, 0.05) is 22.4 Å². The molecule has 1 N–H and O–H groups in total. The number of aryl methyl sites for hydroxylation is 1. The fraction of sp³-hybridized carbons (Fsp3) is 0.371. The number of carbonyl (C=O) groups excluding carboxylic acids is 2. The van der Waals surface area contributed by atoms with Crippen molar-refractivity contribution >= 4 is 29.5 Å². The number of fused-ring (bicyclic) bond motifs is 1. The van der Waals surface area contributed by atoms with E-state index in [2.05, 4.69) is 11.4 Å². The van der Waals surface area contributed by atoms with E-state index in [1.165, 1.54) is 62.5 Å². The normalized spacial score (nSPS) is 17.8. The topological polar surface area (TPSA) is 64.6 Å². The predicted molar refractivity (Wildman–Crippen MR) is 161 cm³/mol. The lowest BCUT2D eigenvalue weighted by Crippen LogP contribution is -2.03. The van der Waals surface area contributed by atoms with Crippen LogP contribution in [0.2, 0.25) is 0 Å². The third kappa shape index (κ3) is 5.84. The second-order valence-corrected chi connectivity index (χ2v) is 11.1. The molecule has 1 heterocycles. The molecule has 40 heavy (non-hydrogen) atoms. The number of benzene rings is 3. The van der Waals surface area contributed by atoms with Crippen LogP contribution in [0.1, 0.15) is 101 Å². The highest BCUT2D eigenvalue weighted by Gasteiger charge is 2.26. The molecule has 3 aliphatic rings. The van der Waals surface area contributed by atoms with Crippen LogP contribution >= 0.6 is 0 Å². The zero-order valence-corrected chi connectivity index (χ0v) is 23.8. The van der Waals surface area contributed by atoms with Crippen LogP contribution in [-0.4, -0.2) is 26.4 Å². The Bertz CT molecular complexity index is 1410. The van der Waals surface area contributed by atoms with E-state index in [1.807, 2.05) is 61.5 Å². The molecule has 1 aliphatic heterocycles. The molecule has 3 aromatic carbocycles. The van der Waals surface area contributed by atoms with E-state index >= 15 is 0 Å². The van der Waals surface area contributed by atoms with E-state index in [0.717, 1.165) is 51.3 Å². The summed E-state index contributed by atoms with van der Waals surface area (Å²) in [5, 5.41) is 2.97. The minimum absolute atomic E-state index is 0.0254. The van der Waals surface area contributed by atoms with Gasteiger partial charge in [-0.1, -0.05) is 43.9 Å². The minimum atomic E-state index is -0.0254. The van der Waals surface area contributed by atoms with E-state index in [4.69, 9.17) is 9.47 Å². The van der Waals surface area contributed by atoms with E-state index in [-0.39, 0.29) is 5.91 Å². The van der Waals surface area contributed by atoms with Crippen LogP contribution in [0.3, 0.4) is 0 Å². The fourth-order valence-electron chi connectivity index (χ4n) is 6.52. The quantitative estimate of drug-likeness (QED) is 0.254. The molecule has 2 fully saturated rings. The van der Waals surface area contributed by atoms with Crippen molar-refractivity contribution in [2.45, 2.75) is 70.1 Å². The summed E-state index contributed by atoms with van der Waals surface area (Å²) in [5.74, 6) is 3.01. The number of anilines is 1. The van der Waals surface area contributed by atoms with Crippen molar-refractivity contribution < 1.29 is 19.1 Å². The highest BCUT2D eigenvalue weighted by Crippen LogP contribution is 2.41. The monoisotopic (exact) mass is 537 g/mol. The van der Waals surface area contributed by atoms with E-state index in [9.17, 15) is 9.59 Å². The first-order chi connectivity index (χ1) is 19.5. The summed E-state index contributed by atoms with van der Waals surface area (Å²) in [7, 11) is 3.42. The lowest BCUT2D eigenvalue weighted by atomic mass is 9.93. The second-order valence-electron chi connectivity index (χ2n) is 11.1. The molecule has 0 spiro atoms. The number of rotatable bonds is 6. The van der Waals surface area contributed by atoms with Gasteiger partial charge in [0.2, 0.25) is 0 Å². The summed E-state index contributed by atoms with van der Waals surface area (Å²) in [6, 6.07) is 17.9. The first kappa shape index (κ1) is 27.7. The van der Waals surface area contributed by atoms with Crippen molar-refractivity contribution in [1.29, 1.82) is 0 Å². The number of nitrogens with one attached hydrogen (secondary N) is 1. The molecule has 5 nitrogen and oxygen atoms in total. The first-order valence-corrected chi connectivity index (χ1v) is 14.5. The van der Waals surface area contributed by atoms with Crippen LogP contribution in [0.25, 0.3) is 11.6 Å². The molecule has 1 amide bonds. The Labute approximate surface area is 237 Å². The maximum atomic E-state index is 12.4. The average molecular weight is 538 g/mol. The average Bonchev–Trinajstić information content (AvgIpc) is 3.76. The van der Waals surface area contributed by atoms with Gasteiger partial charge in [0.1, 0.15) is 17.8 Å². The molecular formula is C35H39NO4. The number of hydrogen-bond acceptors (Lipinski definition) is 4. The lowest BCUT2D eigenvalue weighted by molar-refractivity contribution is -0.110. The Balaban J connectivity index is 0.000000184. The van der Waals surface area contributed by atoms with E-state index < -0.39 is 0 Å². The van der Waals surface area contributed by atoms with Gasteiger partial charge in [-0.2, -0.15) is 0 Å². The molecule has 208 valence electrons. The summed E-state index contributed by atoms with van der Waals surface area (Å²) >= 11 is 0. The number of carbonyl (C=O) groups is 2. The largest absolute Gasteiger partial charge is 0.496 e. The summed E-state index contributed by atoms with van der Waals surface area (Å²) in [6.45, 7) is 2.05. The Hall–Kier alpha value is -3.86. The minimum Gasteiger partial charge on any atom is -0.496 e. The molecule has 0 aromatic heterocycles. The smallest absolute Gasteiger partial charge is 0.256 e. The van der Waals surface area contributed by atoms with Crippen molar-refractivity contribution in [3.8, 4) is 11.5 Å². The van der Waals surface area contributed by atoms with E-state index in [1.54, 1.807) is 14.2 Å². The van der Waals surface area contributed by atoms with Gasteiger partial charge in [0.05, 0.1) is 14.2 Å². The number of aldehydes is 1. The van der Waals surface area contributed by atoms with Gasteiger partial charge in [0.25, 0.3) is 5.91 Å². The molecule has 0 atom stereocenters. The van der Waals surface area contributed by atoms with Gasteiger partial charge < -0.3 is 14.8 Å². The van der Waals surface area contributed by atoms with Crippen molar-refractivity contribution in [1.82, 2.24) is 0 Å². The zero-order chi connectivity index (χ0) is 28.1. The zero-order valence-electron chi connectivity index (χ0n) is 23.8. The van der Waals surface area contributed by atoms with Gasteiger partial charge in [-0.25, -0.2) is 0 Å². The molecule has 0 radical (unpaired) electrons. The predicted octanol–water partition coefficient (Wildman–Crippen LogP) is 8.32. The molecule has 2 aliphatic carbocycles. The summed E-state index contributed by atoms with van der Waals surface area (Å²) in [5.41, 5.74) is 8.08. The summed E-state index contributed by atoms with van der Waals surface area (Å²) in [6.07, 6.45) is 12.9. The van der Waals surface area contributed by atoms with Crippen LogP contribution in [0.15, 0.2) is 54.6 Å². The van der Waals surface area contributed by atoms with Crippen LogP contribution in [0, 0.1) is 6.92 Å².